The molecule has 4 nitrogen and oxygen atoms in total. The van der Waals surface area contributed by atoms with Crippen molar-refractivity contribution in [2.75, 3.05) is 19.8 Å². The van der Waals surface area contributed by atoms with Gasteiger partial charge in [0.1, 0.15) is 18.5 Å². The Bertz CT molecular complexity index is 386. The molecule has 19 heavy (non-hydrogen) atoms. The normalized spacial score (nSPS) is 14.2. The first-order chi connectivity index (χ1) is 9.06. The van der Waals surface area contributed by atoms with Crippen LogP contribution >= 0.6 is 23.2 Å². The molecular weight excluding hydrogens is 289 g/mol. The summed E-state index contributed by atoms with van der Waals surface area (Å²) in [6.07, 6.45) is 0.145. The third-order valence-electron chi connectivity index (χ3n) is 2.69. The van der Waals surface area contributed by atoms with Crippen LogP contribution in [-0.4, -0.2) is 42.1 Å². The molecule has 0 aromatic heterocycles. The molecule has 0 bridgehead atoms. The Morgan fingerprint density at radius 3 is 2.63 bits per heavy atom. The summed E-state index contributed by atoms with van der Waals surface area (Å²) in [4.78, 5) is 0. The number of aliphatic hydroxyl groups excluding tert-OH is 2. The SMILES string of the molecule is CCC(CO)NCC(O)COc1ccc(Cl)c(Cl)c1. The van der Waals surface area contributed by atoms with Crippen molar-refractivity contribution in [3.63, 3.8) is 0 Å². The molecule has 1 rings (SSSR count). The zero-order valence-electron chi connectivity index (χ0n) is 10.8. The second-order valence-electron chi connectivity index (χ2n) is 4.24. The smallest absolute Gasteiger partial charge is 0.121 e. The van der Waals surface area contributed by atoms with Gasteiger partial charge in [0.2, 0.25) is 0 Å². The molecule has 1 aromatic carbocycles. The van der Waals surface area contributed by atoms with E-state index in [4.69, 9.17) is 33.0 Å². The predicted octanol–water partition coefficient (Wildman–Crippen LogP) is 2.09. The Morgan fingerprint density at radius 2 is 2.05 bits per heavy atom. The number of rotatable bonds is 8. The lowest BCUT2D eigenvalue weighted by Gasteiger charge is -2.18. The lowest BCUT2D eigenvalue weighted by molar-refractivity contribution is 0.0995. The summed E-state index contributed by atoms with van der Waals surface area (Å²) < 4.78 is 5.41. The van der Waals surface area contributed by atoms with Gasteiger partial charge in [-0.1, -0.05) is 30.1 Å². The van der Waals surface area contributed by atoms with Crippen LogP contribution in [0.15, 0.2) is 18.2 Å². The van der Waals surface area contributed by atoms with Crippen LogP contribution in [0.25, 0.3) is 0 Å². The Morgan fingerprint density at radius 1 is 1.32 bits per heavy atom. The Hall–Kier alpha value is -0.520. The topological polar surface area (TPSA) is 61.7 Å². The number of benzene rings is 1. The number of halogens is 2. The minimum atomic E-state index is -0.657. The van der Waals surface area contributed by atoms with Crippen LogP contribution in [0.4, 0.5) is 0 Å². The van der Waals surface area contributed by atoms with Gasteiger partial charge in [-0.2, -0.15) is 0 Å². The molecule has 0 amide bonds. The molecule has 0 spiro atoms. The molecule has 0 aliphatic carbocycles. The first kappa shape index (κ1) is 16.5. The van der Waals surface area contributed by atoms with Gasteiger partial charge in [-0.15, -0.1) is 0 Å². The van der Waals surface area contributed by atoms with E-state index in [0.717, 1.165) is 6.42 Å². The van der Waals surface area contributed by atoms with E-state index < -0.39 is 6.10 Å². The first-order valence-corrected chi connectivity index (χ1v) is 6.92. The fourth-order valence-electron chi connectivity index (χ4n) is 1.46. The maximum Gasteiger partial charge on any atom is 0.121 e. The van der Waals surface area contributed by atoms with Crippen molar-refractivity contribution in [1.82, 2.24) is 5.32 Å². The molecule has 0 aliphatic rings. The summed E-state index contributed by atoms with van der Waals surface area (Å²) in [5.41, 5.74) is 0. The molecule has 6 heteroatoms. The molecule has 2 atom stereocenters. The standard InChI is InChI=1S/C13H19Cl2NO3/c1-2-9(7-17)16-6-10(18)8-19-11-3-4-12(14)13(15)5-11/h3-5,9-10,16-18H,2,6-8H2,1H3. The average molecular weight is 308 g/mol. The number of hydrogen-bond acceptors (Lipinski definition) is 4. The minimum Gasteiger partial charge on any atom is -0.491 e. The van der Waals surface area contributed by atoms with Crippen molar-refractivity contribution in [3.05, 3.63) is 28.2 Å². The molecule has 0 heterocycles. The summed E-state index contributed by atoms with van der Waals surface area (Å²) in [5.74, 6) is 0.558. The Kier molecular flexibility index (Phi) is 7.49. The van der Waals surface area contributed by atoms with E-state index in [1.165, 1.54) is 0 Å². The average Bonchev–Trinajstić information content (AvgIpc) is 2.41. The summed E-state index contributed by atoms with van der Waals surface area (Å²) >= 11 is 11.6. The number of ether oxygens (including phenoxy) is 1. The van der Waals surface area contributed by atoms with Crippen molar-refractivity contribution >= 4 is 23.2 Å². The van der Waals surface area contributed by atoms with Crippen molar-refractivity contribution in [2.24, 2.45) is 0 Å². The summed E-state index contributed by atoms with van der Waals surface area (Å²) in [6.45, 7) is 2.52. The molecule has 2 unspecified atom stereocenters. The van der Waals surface area contributed by atoms with Gasteiger partial charge < -0.3 is 20.3 Å². The van der Waals surface area contributed by atoms with Gasteiger partial charge in [0.05, 0.1) is 16.7 Å². The molecule has 0 radical (unpaired) electrons. The van der Waals surface area contributed by atoms with Gasteiger partial charge in [0, 0.05) is 18.7 Å². The molecule has 3 N–H and O–H groups in total. The Balaban J connectivity index is 2.33. The number of aliphatic hydroxyl groups is 2. The van der Waals surface area contributed by atoms with E-state index in [2.05, 4.69) is 5.32 Å². The first-order valence-electron chi connectivity index (χ1n) is 6.17. The summed E-state index contributed by atoms with van der Waals surface area (Å²) in [7, 11) is 0. The van der Waals surface area contributed by atoms with E-state index >= 15 is 0 Å². The summed E-state index contributed by atoms with van der Waals surface area (Å²) in [6, 6.07) is 4.94. The maximum absolute atomic E-state index is 9.75. The molecule has 0 fully saturated rings. The Labute approximate surface area is 123 Å². The third kappa shape index (κ3) is 5.97. The van der Waals surface area contributed by atoms with Crippen LogP contribution in [0.2, 0.25) is 10.0 Å². The van der Waals surface area contributed by atoms with Gasteiger partial charge in [0.25, 0.3) is 0 Å². The van der Waals surface area contributed by atoms with Crippen LogP contribution in [0.3, 0.4) is 0 Å². The highest BCUT2D eigenvalue weighted by Gasteiger charge is 2.09. The molecule has 0 saturated heterocycles. The van der Waals surface area contributed by atoms with E-state index in [0.29, 0.717) is 22.3 Å². The van der Waals surface area contributed by atoms with Crippen LogP contribution in [0, 0.1) is 0 Å². The van der Waals surface area contributed by atoms with Gasteiger partial charge >= 0.3 is 0 Å². The minimum absolute atomic E-state index is 0.000346. The largest absolute Gasteiger partial charge is 0.491 e. The second-order valence-corrected chi connectivity index (χ2v) is 5.05. The highest BCUT2D eigenvalue weighted by Crippen LogP contribution is 2.26. The fraction of sp³-hybridized carbons (Fsp3) is 0.538. The van der Waals surface area contributed by atoms with E-state index in [1.807, 2.05) is 6.92 Å². The van der Waals surface area contributed by atoms with Crippen LogP contribution in [0.5, 0.6) is 5.75 Å². The lowest BCUT2D eigenvalue weighted by Crippen LogP contribution is -2.39. The second kappa shape index (κ2) is 8.61. The van der Waals surface area contributed by atoms with Gasteiger partial charge in [-0.3, -0.25) is 0 Å². The molecule has 1 aromatic rings. The lowest BCUT2D eigenvalue weighted by atomic mass is 10.2. The van der Waals surface area contributed by atoms with E-state index in [1.54, 1.807) is 18.2 Å². The highest BCUT2D eigenvalue weighted by atomic mass is 35.5. The van der Waals surface area contributed by atoms with E-state index in [9.17, 15) is 5.11 Å². The maximum atomic E-state index is 9.75. The van der Waals surface area contributed by atoms with E-state index in [-0.39, 0.29) is 19.3 Å². The van der Waals surface area contributed by atoms with Crippen molar-refractivity contribution in [2.45, 2.75) is 25.5 Å². The molecule has 0 saturated carbocycles. The molecule has 108 valence electrons. The van der Waals surface area contributed by atoms with Crippen LogP contribution in [0.1, 0.15) is 13.3 Å². The van der Waals surface area contributed by atoms with Crippen molar-refractivity contribution in [1.29, 1.82) is 0 Å². The third-order valence-corrected chi connectivity index (χ3v) is 3.43. The summed E-state index contributed by atoms with van der Waals surface area (Å²) in [5, 5.41) is 22.7. The van der Waals surface area contributed by atoms with Crippen LogP contribution < -0.4 is 10.1 Å². The monoisotopic (exact) mass is 307 g/mol. The zero-order valence-corrected chi connectivity index (χ0v) is 12.3. The molecule has 0 aliphatic heterocycles. The number of nitrogens with one attached hydrogen (secondary N) is 1. The van der Waals surface area contributed by atoms with Gasteiger partial charge in [-0.25, -0.2) is 0 Å². The van der Waals surface area contributed by atoms with Gasteiger partial charge in [0.15, 0.2) is 0 Å². The highest BCUT2D eigenvalue weighted by molar-refractivity contribution is 6.42. The van der Waals surface area contributed by atoms with Gasteiger partial charge in [-0.05, 0) is 18.6 Å². The van der Waals surface area contributed by atoms with Crippen molar-refractivity contribution in [3.8, 4) is 5.75 Å². The number of hydrogen-bond donors (Lipinski definition) is 3. The fourth-order valence-corrected chi connectivity index (χ4v) is 1.75. The zero-order chi connectivity index (χ0) is 14.3. The molecular formula is C13H19Cl2NO3. The predicted molar refractivity (Wildman–Crippen MR) is 77.1 cm³/mol. The van der Waals surface area contributed by atoms with Crippen molar-refractivity contribution < 1.29 is 14.9 Å². The quantitative estimate of drug-likeness (QED) is 0.688. The van der Waals surface area contributed by atoms with Crippen LogP contribution in [-0.2, 0) is 0 Å².